The van der Waals surface area contributed by atoms with Gasteiger partial charge in [0.25, 0.3) is 0 Å². The minimum absolute atomic E-state index is 0. The summed E-state index contributed by atoms with van der Waals surface area (Å²) >= 11 is 5.88. The molecule has 2 amide bonds. The molecule has 6 nitrogen and oxygen atoms in total. The lowest BCUT2D eigenvalue weighted by Crippen LogP contribution is -2.52. The summed E-state index contributed by atoms with van der Waals surface area (Å²) in [5.74, 6) is -0.391. The molecule has 1 aromatic rings. The smallest absolute Gasteiger partial charge is 0.242 e. The number of carbonyl (C=O) groups excluding carboxylic acids is 2. The number of benzene rings is 1. The Hall–Kier alpha value is -1.50. The first-order chi connectivity index (χ1) is 10.5. The van der Waals surface area contributed by atoms with Gasteiger partial charge in [-0.2, -0.15) is 0 Å². The first-order valence-electron chi connectivity index (χ1n) is 7.29. The van der Waals surface area contributed by atoms with E-state index in [0.29, 0.717) is 18.1 Å². The van der Waals surface area contributed by atoms with E-state index in [0.717, 1.165) is 18.8 Å². The van der Waals surface area contributed by atoms with Crippen LogP contribution in [-0.4, -0.2) is 55.5 Å². The number of hydrogen-bond acceptors (Lipinski definition) is 4. The van der Waals surface area contributed by atoms with Gasteiger partial charge < -0.3 is 20.9 Å². The topological polar surface area (TPSA) is 78.7 Å². The van der Waals surface area contributed by atoms with Crippen molar-refractivity contribution in [3.05, 3.63) is 29.3 Å². The molecule has 0 spiro atoms. The number of rotatable bonds is 4. The summed E-state index contributed by atoms with van der Waals surface area (Å²) in [7, 11) is 0. The third kappa shape index (κ3) is 5.57. The highest BCUT2D eigenvalue weighted by molar-refractivity contribution is 6.30. The molecule has 1 unspecified atom stereocenters. The van der Waals surface area contributed by atoms with Crippen molar-refractivity contribution in [3.63, 3.8) is 0 Å². The molecule has 23 heavy (non-hydrogen) atoms. The van der Waals surface area contributed by atoms with E-state index in [2.05, 4.69) is 10.2 Å². The van der Waals surface area contributed by atoms with E-state index >= 15 is 0 Å². The Morgan fingerprint density at radius 2 is 1.78 bits per heavy atom. The lowest BCUT2D eigenvalue weighted by atomic mass is 10.2. The summed E-state index contributed by atoms with van der Waals surface area (Å²) in [6.45, 7) is 4.38. The summed E-state index contributed by atoms with van der Waals surface area (Å²) in [6.07, 6.45) is 0. The molecule has 2 rings (SSSR count). The third-order valence-electron chi connectivity index (χ3n) is 3.65. The van der Waals surface area contributed by atoms with Gasteiger partial charge >= 0.3 is 0 Å². The first-order valence-corrected chi connectivity index (χ1v) is 7.67. The van der Waals surface area contributed by atoms with Crippen LogP contribution >= 0.6 is 24.0 Å². The van der Waals surface area contributed by atoms with Crippen molar-refractivity contribution in [3.8, 4) is 0 Å². The molecule has 1 aliphatic heterocycles. The van der Waals surface area contributed by atoms with E-state index in [1.54, 1.807) is 11.8 Å². The van der Waals surface area contributed by atoms with E-state index in [-0.39, 0.29) is 30.8 Å². The van der Waals surface area contributed by atoms with Gasteiger partial charge in [0.15, 0.2) is 0 Å². The number of nitrogens with one attached hydrogen (secondary N) is 1. The van der Waals surface area contributed by atoms with Gasteiger partial charge in [0.1, 0.15) is 0 Å². The average molecular weight is 361 g/mol. The standard InChI is InChI=1S/C15H21ClN4O2.ClH/c1-11(17)15(22)18-10-14(21)20-8-6-19(7-9-20)13-4-2-12(16)3-5-13;/h2-5,11H,6-10,17H2,1H3,(H,18,22);1H. The Balaban J connectivity index is 0.00000264. The van der Waals surface area contributed by atoms with Crippen molar-refractivity contribution in [1.82, 2.24) is 10.2 Å². The van der Waals surface area contributed by atoms with Crippen molar-refractivity contribution in [2.24, 2.45) is 5.73 Å². The van der Waals surface area contributed by atoms with Gasteiger partial charge in [-0.1, -0.05) is 11.6 Å². The maximum Gasteiger partial charge on any atom is 0.242 e. The zero-order chi connectivity index (χ0) is 16.1. The van der Waals surface area contributed by atoms with E-state index in [1.807, 2.05) is 24.3 Å². The summed E-state index contributed by atoms with van der Waals surface area (Å²) in [5, 5.41) is 3.26. The second-order valence-electron chi connectivity index (χ2n) is 5.35. The minimum atomic E-state index is -0.602. The van der Waals surface area contributed by atoms with Gasteiger partial charge in [0, 0.05) is 36.9 Å². The van der Waals surface area contributed by atoms with Gasteiger partial charge in [-0.3, -0.25) is 9.59 Å². The van der Waals surface area contributed by atoms with Gasteiger partial charge in [-0.25, -0.2) is 0 Å². The van der Waals surface area contributed by atoms with Crippen molar-refractivity contribution < 1.29 is 9.59 Å². The molecular weight excluding hydrogens is 339 g/mol. The second kappa shape index (κ2) is 8.96. The van der Waals surface area contributed by atoms with Gasteiger partial charge in [0.2, 0.25) is 11.8 Å². The molecule has 8 heteroatoms. The number of piperazine rings is 1. The van der Waals surface area contributed by atoms with Crippen LogP contribution in [0.5, 0.6) is 0 Å². The molecule has 0 saturated carbocycles. The van der Waals surface area contributed by atoms with Gasteiger partial charge in [-0.05, 0) is 31.2 Å². The highest BCUT2D eigenvalue weighted by Gasteiger charge is 2.21. The fourth-order valence-electron chi connectivity index (χ4n) is 2.30. The Morgan fingerprint density at radius 3 is 2.30 bits per heavy atom. The Morgan fingerprint density at radius 1 is 1.22 bits per heavy atom. The Kier molecular flexibility index (Phi) is 7.61. The fraction of sp³-hybridized carbons (Fsp3) is 0.467. The highest BCUT2D eigenvalue weighted by atomic mass is 35.5. The SMILES string of the molecule is CC(N)C(=O)NCC(=O)N1CCN(c2ccc(Cl)cc2)CC1.Cl. The number of anilines is 1. The van der Waals surface area contributed by atoms with Crippen LogP contribution in [0.3, 0.4) is 0 Å². The molecule has 0 radical (unpaired) electrons. The van der Waals surface area contributed by atoms with E-state index in [1.165, 1.54) is 0 Å². The van der Waals surface area contributed by atoms with Crippen LogP contribution in [0.1, 0.15) is 6.92 Å². The summed E-state index contributed by atoms with van der Waals surface area (Å²) in [5.41, 5.74) is 6.54. The first kappa shape index (κ1) is 19.5. The molecule has 0 aromatic heterocycles. The summed E-state index contributed by atoms with van der Waals surface area (Å²) in [4.78, 5) is 27.4. The highest BCUT2D eigenvalue weighted by Crippen LogP contribution is 2.19. The lowest BCUT2D eigenvalue weighted by Gasteiger charge is -2.36. The molecule has 0 bridgehead atoms. The molecule has 1 aromatic carbocycles. The van der Waals surface area contributed by atoms with Gasteiger partial charge in [-0.15, -0.1) is 12.4 Å². The van der Waals surface area contributed by atoms with Crippen LogP contribution in [0, 0.1) is 0 Å². The van der Waals surface area contributed by atoms with Crippen LogP contribution in [0.15, 0.2) is 24.3 Å². The van der Waals surface area contributed by atoms with Crippen molar-refractivity contribution >= 4 is 41.5 Å². The molecular formula is C15H22Cl2N4O2. The predicted octanol–water partition coefficient (Wildman–Crippen LogP) is 0.874. The third-order valence-corrected chi connectivity index (χ3v) is 3.90. The number of hydrogen-bond donors (Lipinski definition) is 2. The average Bonchev–Trinajstić information content (AvgIpc) is 2.53. The summed E-state index contributed by atoms with van der Waals surface area (Å²) < 4.78 is 0. The van der Waals surface area contributed by atoms with Crippen LogP contribution in [-0.2, 0) is 9.59 Å². The largest absolute Gasteiger partial charge is 0.368 e. The molecule has 1 atom stereocenters. The van der Waals surface area contributed by atoms with Crippen LogP contribution in [0.4, 0.5) is 5.69 Å². The van der Waals surface area contributed by atoms with E-state index in [9.17, 15) is 9.59 Å². The number of nitrogens with two attached hydrogens (primary N) is 1. The van der Waals surface area contributed by atoms with E-state index in [4.69, 9.17) is 17.3 Å². The lowest BCUT2D eigenvalue weighted by molar-refractivity contribution is -0.133. The zero-order valence-electron chi connectivity index (χ0n) is 13.0. The van der Waals surface area contributed by atoms with Crippen LogP contribution in [0.2, 0.25) is 5.02 Å². The van der Waals surface area contributed by atoms with Crippen LogP contribution in [0.25, 0.3) is 0 Å². The quantitative estimate of drug-likeness (QED) is 0.834. The normalized spacial score (nSPS) is 15.6. The molecule has 0 aliphatic carbocycles. The fourth-order valence-corrected chi connectivity index (χ4v) is 2.43. The predicted molar refractivity (Wildman–Crippen MR) is 94.2 cm³/mol. The zero-order valence-corrected chi connectivity index (χ0v) is 14.6. The maximum absolute atomic E-state index is 12.0. The van der Waals surface area contributed by atoms with E-state index < -0.39 is 6.04 Å². The number of carbonyl (C=O) groups is 2. The minimum Gasteiger partial charge on any atom is -0.368 e. The number of halogens is 2. The number of amides is 2. The maximum atomic E-state index is 12.0. The van der Waals surface area contributed by atoms with Crippen LogP contribution < -0.4 is 16.0 Å². The van der Waals surface area contributed by atoms with Crippen molar-refractivity contribution in [2.75, 3.05) is 37.6 Å². The van der Waals surface area contributed by atoms with Gasteiger partial charge in [0.05, 0.1) is 12.6 Å². The molecule has 1 saturated heterocycles. The van der Waals surface area contributed by atoms with Crippen molar-refractivity contribution in [1.29, 1.82) is 0 Å². The molecule has 1 heterocycles. The molecule has 128 valence electrons. The van der Waals surface area contributed by atoms with Crippen molar-refractivity contribution in [2.45, 2.75) is 13.0 Å². The second-order valence-corrected chi connectivity index (χ2v) is 5.79. The molecule has 1 aliphatic rings. The monoisotopic (exact) mass is 360 g/mol. The molecule has 1 fully saturated rings. The Labute approximate surface area is 147 Å². The Bertz CT molecular complexity index is 529. The summed E-state index contributed by atoms with van der Waals surface area (Å²) in [6, 6.07) is 7.07. The number of nitrogens with zero attached hydrogens (tertiary/aromatic N) is 2. The molecule has 3 N–H and O–H groups in total.